The van der Waals surface area contributed by atoms with Crippen LogP contribution in [-0.4, -0.2) is 29.3 Å². The van der Waals surface area contributed by atoms with Crippen LogP contribution in [0.25, 0.3) is 0 Å². The summed E-state index contributed by atoms with van der Waals surface area (Å²) in [6.45, 7) is 3.39. The summed E-state index contributed by atoms with van der Waals surface area (Å²) in [7, 11) is 0. The van der Waals surface area contributed by atoms with Crippen molar-refractivity contribution in [3.05, 3.63) is 65.7 Å². The normalized spacial score (nSPS) is 19.4. The number of anilines is 1. The second-order valence-corrected chi connectivity index (χ2v) is 6.31. The number of hydrogen-bond donors (Lipinski definition) is 2. The van der Waals surface area contributed by atoms with E-state index in [0.29, 0.717) is 17.7 Å². The van der Waals surface area contributed by atoms with Crippen molar-refractivity contribution in [1.29, 1.82) is 0 Å². The van der Waals surface area contributed by atoms with E-state index in [1.165, 1.54) is 0 Å². The summed E-state index contributed by atoms with van der Waals surface area (Å²) < 4.78 is 0. The van der Waals surface area contributed by atoms with E-state index in [1.807, 2.05) is 50.2 Å². The van der Waals surface area contributed by atoms with Crippen molar-refractivity contribution in [2.45, 2.75) is 25.8 Å². The van der Waals surface area contributed by atoms with Crippen molar-refractivity contribution in [2.24, 2.45) is 0 Å². The van der Waals surface area contributed by atoms with E-state index in [4.69, 9.17) is 0 Å². The molecule has 1 fully saturated rings. The number of imide groups is 1. The first-order valence-electron chi connectivity index (χ1n) is 8.53. The summed E-state index contributed by atoms with van der Waals surface area (Å²) in [6.07, 6.45) is 0.400. The SMILES string of the molecule is CC[C@]1(c2ccccc2)NC(=O)N(CC(=O)Nc2ccccc2C)C1=O. The number of aryl methyl sites for hydroxylation is 1. The van der Waals surface area contributed by atoms with Gasteiger partial charge in [-0.25, -0.2) is 4.79 Å². The molecule has 0 aromatic heterocycles. The average Bonchev–Trinajstić information content (AvgIpc) is 2.89. The first kappa shape index (κ1) is 17.7. The molecule has 4 amide bonds. The third kappa shape index (κ3) is 3.06. The van der Waals surface area contributed by atoms with Crippen molar-refractivity contribution in [2.75, 3.05) is 11.9 Å². The van der Waals surface area contributed by atoms with Crippen molar-refractivity contribution < 1.29 is 14.4 Å². The summed E-state index contributed by atoms with van der Waals surface area (Å²) in [4.78, 5) is 38.7. The zero-order valence-corrected chi connectivity index (χ0v) is 14.8. The van der Waals surface area contributed by atoms with E-state index in [0.717, 1.165) is 10.5 Å². The van der Waals surface area contributed by atoms with Crippen LogP contribution >= 0.6 is 0 Å². The van der Waals surface area contributed by atoms with Gasteiger partial charge in [0.1, 0.15) is 12.1 Å². The molecule has 0 spiro atoms. The minimum Gasteiger partial charge on any atom is -0.324 e. The monoisotopic (exact) mass is 351 g/mol. The standard InChI is InChI=1S/C20H21N3O3/c1-3-20(15-10-5-4-6-11-15)18(25)23(19(26)22-20)13-17(24)21-16-12-8-7-9-14(16)2/h4-12H,3,13H2,1-2H3,(H,21,24)(H,22,26)/t20-/m1/s1. The minimum absolute atomic E-state index is 0.326. The number of nitrogens with one attached hydrogen (secondary N) is 2. The fourth-order valence-electron chi connectivity index (χ4n) is 3.18. The summed E-state index contributed by atoms with van der Waals surface area (Å²) in [5.41, 5.74) is 1.16. The van der Waals surface area contributed by atoms with Crippen LogP contribution in [0, 0.1) is 6.92 Å². The predicted molar refractivity (Wildman–Crippen MR) is 98.5 cm³/mol. The lowest BCUT2D eigenvalue weighted by Crippen LogP contribution is -2.44. The van der Waals surface area contributed by atoms with Gasteiger partial charge in [0.05, 0.1) is 0 Å². The number of amides is 4. The zero-order chi connectivity index (χ0) is 18.7. The highest BCUT2D eigenvalue weighted by Gasteiger charge is 2.51. The van der Waals surface area contributed by atoms with Gasteiger partial charge in [-0.15, -0.1) is 0 Å². The van der Waals surface area contributed by atoms with Gasteiger partial charge < -0.3 is 10.6 Å². The van der Waals surface area contributed by atoms with Gasteiger partial charge in [-0.2, -0.15) is 0 Å². The number of rotatable bonds is 5. The Bertz CT molecular complexity index is 850. The number of para-hydroxylation sites is 1. The largest absolute Gasteiger partial charge is 0.325 e. The van der Waals surface area contributed by atoms with Gasteiger partial charge in [0.2, 0.25) is 5.91 Å². The predicted octanol–water partition coefficient (Wildman–Crippen LogP) is 2.79. The second-order valence-electron chi connectivity index (χ2n) is 6.31. The molecule has 0 radical (unpaired) electrons. The van der Waals surface area contributed by atoms with Crippen molar-refractivity contribution in [1.82, 2.24) is 10.2 Å². The van der Waals surface area contributed by atoms with Gasteiger partial charge >= 0.3 is 6.03 Å². The highest BCUT2D eigenvalue weighted by atomic mass is 16.2. The molecule has 0 bridgehead atoms. The summed E-state index contributed by atoms with van der Waals surface area (Å²) in [6, 6.07) is 15.9. The third-order valence-electron chi connectivity index (χ3n) is 4.69. The fourth-order valence-corrected chi connectivity index (χ4v) is 3.18. The van der Waals surface area contributed by atoms with Crippen LogP contribution in [-0.2, 0) is 15.1 Å². The Balaban J connectivity index is 1.79. The van der Waals surface area contributed by atoms with Crippen molar-refractivity contribution >= 4 is 23.5 Å². The number of hydrogen-bond acceptors (Lipinski definition) is 3. The Morgan fingerprint density at radius 1 is 1.08 bits per heavy atom. The maximum absolute atomic E-state index is 13.0. The molecule has 6 heteroatoms. The lowest BCUT2D eigenvalue weighted by Gasteiger charge is -2.25. The molecule has 1 aliphatic rings. The molecule has 1 saturated heterocycles. The molecule has 26 heavy (non-hydrogen) atoms. The first-order valence-corrected chi connectivity index (χ1v) is 8.53. The Labute approximate surface area is 152 Å². The summed E-state index contributed by atoms with van der Waals surface area (Å²) in [5.74, 6) is -0.820. The molecule has 2 aromatic rings. The summed E-state index contributed by atoms with van der Waals surface area (Å²) >= 11 is 0. The van der Waals surface area contributed by atoms with Crippen LogP contribution < -0.4 is 10.6 Å². The third-order valence-corrected chi connectivity index (χ3v) is 4.69. The van der Waals surface area contributed by atoms with E-state index in [1.54, 1.807) is 18.2 Å². The zero-order valence-electron chi connectivity index (χ0n) is 14.8. The number of benzene rings is 2. The molecule has 6 nitrogen and oxygen atoms in total. The molecule has 1 aliphatic heterocycles. The minimum atomic E-state index is -1.12. The quantitative estimate of drug-likeness (QED) is 0.813. The lowest BCUT2D eigenvalue weighted by atomic mass is 9.87. The fraction of sp³-hybridized carbons (Fsp3) is 0.250. The van der Waals surface area contributed by atoms with Gasteiger partial charge in [-0.1, -0.05) is 55.5 Å². The van der Waals surface area contributed by atoms with Crippen LogP contribution in [0.15, 0.2) is 54.6 Å². The molecule has 2 N–H and O–H groups in total. The molecule has 3 rings (SSSR count). The van der Waals surface area contributed by atoms with E-state index in [9.17, 15) is 14.4 Å². The number of nitrogens with zero attached hydrogens (tertiary/aromatic N) is 1. The van der Waals surface area contributed by atoms with Crippen molar-refractivity contribution in [3.8, 4) is 0 Å². The number of carbonyl (C=O) groups is 3. The Kier molecular flexibility index (Phi) is 4.75. The van der Waals surface area contributed by atoms with E-state index < -0.39 is 23.4 Å². The van der Waals surface area contributed by atoms with Gasteiger partial charge in [-0.05, 0) is 30.5 Å². The number of urea groups is 1. The Hall–Kier alpha value is -3.15. The van der Waals surface area contributed by atoms with Gasteiger partial charge in [0.25, 0.3) is 5.91 Å². The topological polar surface area (TPSA) is 78.5 Å². The molecule has 2 aromatic carbocycles. The highest BCUT2D eigenvalue weighted by Crippen LogP contribution is 2.32. The molecule has 134 valence electrons. The second kappa shape index (κ2) is 7.00. The van der Waals surface area contributed by atoms with Crippen LogP contribution in [0.1, 0.15) is 24.5 Å². The molecule has 0 saturated carbocycles. The number of carbonyl (C=O) groups excluding carboxylic acids is 3. The average molecular weight is 351 g/mol. The smallest absolute Gasteiger partial charge is 0.324 e. The Morgan fingerprint density at radius 3 is 2.38 bits per heavy atom. The van der Waals surface area contributed by atoms with E-state index >= 15 is 0 Å². The molecular formula is C20H21N3O3. The molecular weight excluding hydrogens is 330 g/mol. The highest BCUT2D eigenvalue weighted by molar-refractivity contribution is 6.10. The van der Waals surface area contributed by atoms with Crippen LogP contribution in [0.2, 0.25) is 0 Å². The molecule has 0 unspecified atom stereocenters. The molecule has 1 heterocycles. The summed E-state index contributed by atoms with van der Waals surface area (Å²) in [5, 5.41) is 5.52. The van der Waals surface area contributed by atoms with E-state index in [-0.39, 0.29) is 6.54 Å². The Morgan fingerprint density at radius 2 is 1.73 bits per heavy atom. The van der Waals surface area contributed by atoms with Crippen LogP contribution in [0.3, 0.4) is 0 Å². The molecule has 0 aliphatic carbocycles. The maximum Gasteiger partial charge on any atom is 0.325 e. The first-order chi connectivity index (χ1) is 12.5. The van der Waals surface area contributed by atoms with Crippen LogP contribution in [0.4, 0.5) is 10.5 Å². The van der Waals surface area contributed by atoms with Gasteiger partial charge in [-0.3, -0.25) is 14.5 Å². The van der Waals surface area contributed by atoms with Crippen molar-refractivity contribution in [3.63, 3.8) is 0 Å². The molecule has 1 atom stereocenters. The lowest BCUT2D eigenvalue weighted by molar-refractivity contribution is -0.134. The van der Waals surface area contributed by atoms with Gasteiger partial charge in [0.15, 0.2) is 0 Å². The maximum atomic E-state index is 13.0. The van der Waals surface area contributed by atoms with Gasteiger partial charge in [0, 0.05) is 5.69 Å². The van der Waals surface area contributed by atoms with E-state index in [2.05, 4.69) is 10.6 Å². The van der Waals surface area contributed by atoms with Crippen LogP contribution in [0.5, 0.6) is 0 Å².